The van der Waals surface area contributed by atoms with Gasteiger partial charge in [-0.05, 0) is 49.2 Å². The molecular weight excluding hydrogens is 396 g/mol. The standard InChI is InChI=1S/C16H18Br2N2O/c1-10(2)21-13-5-3-4-11(8-13)16(20-19)14-7-6-12(17)9-15(14)18/h3-10,16,20H,19H2,1-2H3. The van der Waals surface area contributed by atoms with Crippen molar-refractivity contribution in [2.24, 2.45) is 5.84 Å². The molecule has 0 radical (unpaired) electrons. The van der Waals surface area contributed by atoms with E-state index in [0.29, 0.717) is 0 Å². The van der Waals surface area contributed by atoms with Gasteiger partial charge in [-0.15, -0.1) is 0 Å². The first kappa shape index (κ1) is 16.5. The maximum atomic E-state index is 5.77. The fraction of sp³-hybridized carbons (Fsp3) is 0.250. The van der Waals surface area contributed by atoms with Gasteiger partial charge in [0.1, 0.15) is 5.75 Å². The molecule has 2 rings (SSSR count). The van der Waals surface area contributed by atoms with Crippen molar-refractivity contribution < 1.29 is 4.74 Å². The maximum Gasteiger partial charge on any atom is 0.120 e. The van der Waals surface area contributed by atoms with Gasteiger partial charge < -0.3 is 4.74 Å². The van der Waals surface area contributed by atoms with Crippen molar-refractivity contribution in [3.8, 4) is 5.75 Å². The summed E-state index contributed by atoms with van der Waals surface area (Å²) in [4.78, 5) is 0. The minimum atomic E-state index is -0.108. The van der Waals surface area contributed by atoms with Crippen molar-refractivity contribution in [3.05, 3.63) is 62.5 Å². The van der Waals surface area contributed by atoms with E-state index in [1.54, 1.807) is 0 Å². The Morgan fingerprint density at radius 3 is 2.48 bits per heavy atom. The Labute approximate surface area is 142 Å². The predicted molar refractivity (Wildman–Crippen MR) is 93.2 cm³/mol. The van der Waals surface area contributed by atoms with E-state index >= 15 is 0 Å². The second kappa shape index (κ2) is 7.40. The Balaban J connectivity index is 2.37. The minimum Gasteiger partial charge on any atom is -0.491 e. The normalized spacial score (nSPS) is 12.5. The van der Waals surface area contributed by atoms with Gasteiger partial charge >= 0.3 is 0 Å². The number of hydrazine groups is 1. The van der Waals surface area contributed by atoms with Gasteiger partial charge in [-0.3, -0.25) is 5.84 Å². The highest BCUT2D eigenvalue weighted by Gasteiger charge is 2.16. The van der Waals surface area contributed by atoms with E-state index in [-0.39, 0.29) is 12.1 Å². The number of benzene rings is 2. The van der Waals surface area contributed by atoms with Crippen LogP contribution in [0.25, 0.3) is 0 Å². The topological polar surface area (TPSA) is 47.3 Å². The minimum absolute atomic E-state index is 0.108. The molecule has 1 atom stereocenters. The second-order valence-electron chi connectivity index (χ2n) is 5.00. The summed E-state index contributed by atoms with van der Waals surface area (Å²) in [5.74, 6) is 6.62. The third kappa shape index (κ3) is 4.30. The van der Waals surface area contributed by atoms with Gasteiger partial charge in [-0.2, -0.15) is 0 Å². The van der Waals surface area contributed by atoms with Crippen LogP contribution < -0.4 is 16.0 Å². The molecule has 0 bridgehead atoms. The molecule has 0 heterocycles. The van der Waals surface area contributed by atoms with Gasteiger partial charge in [0.2, 0.25) is 0 Å². The van der Waals surface area contributed by atoms with Crippen LogP contribution in [-0.2, 0) is 0 Å². The molecule has 1 unspecified atom stereocenters. The molecule has 2 aromatic carbocycles. The molecule has 3 N–H and O–H groups in total. The highest BCUT2D eigenvalue weighted by Crippen LogP contribution is 2.31. The first-order chi connectivity index (χ1) is 10.0. The number of nitrogens with one attached hydrogen (secondary N) is 1. The first-order valence-electron chi connectivity index (χ1n) is 6.69. The molecule has 21 heavy (non-hydrogen) atoms. The summed E-state index contributed by atoms with van der Waals surface area (Å²) in [5, 5.41) is 0. The predicted octanol–water partition coefficient (Wildman–Crippen LogP) is 4.55. The number of hydrogen-bond acceptors (Lipinski definition) is 3. The number of rotatable bonds is 5. The fourth-order valence-corrected chi connectivity index (χ4v) is 3.42. The molecule has 0 aromatic heterocycles. The van der Waals surface area contributed by atoms with Crippen LogP contribution in [0.2, 0.25) is 0 Å². The fourth-order valence-electron chi connectivity index (χ4n) is 2.14. The van der Waals surface area contributed by atoms with Crippen LogP contribution in [-0.4, -0.2) is 6.10 Å². The summed E-state index contributed by atoms with van der Waals surface area (Å²) in [5.41, 5.74) is 5.00. The molecular formula is C16H18Br2N2O. The molecule has 0 fully saturated rings. The number of halogens is 2. The van der Waals surface area contributed by atoms with Crippen molar-refractivity contribution in [2.45, 2.75) is 26.0 Å². The molecule has 112 valence electrons. The van der Waals surface area contributed by atoms with E-state index in [2.05, 4.69) is 37.3 Å². The first-order valence-corrected chi connectivity index (χ1v) is 8.27. The van der Waals surface area contributed by atoms with Crippen molar-refractivity contribution in [1.29, 1.82) is 0 Å². The van der Waals surface area contributed by atoms with Gasteiger partial charge in [0.15, 0.2) is 0 Å². The van der Waals surface area contributed by atoms with E-state index in [1.807, 2.05) is 56.3 Å². The Morgan fingerprint density at radius 2 is 1.86 bits per heavy atom. The molecule has 0 spiro atoms. The monoisotopic (exact) mass is 412 g/mol. The summed E-state index contributed by atoms with van der Waals surface area (Å²) in [6.07, 6.45) is 0.143. The molecule has 5 heteroatoms. The summed E-state index contributed by atoms with van der Waals surface area (Å²) in [6, 6.07) is 13.9. The summed E-state index contributed by atoms with van der Waals surface area (Å²) in [7, 11) is 0. The lowest BCUT2D eigenvalue weighted by molar-refractivity contribution is 0.242. The number of ether oxygens (including phenoxy) is 1. The molecule has 2 aromatic rings. The van der Waals surface area contributed by atoms with E-state index in [9.17, 15) is 0 Å². The lowest BCUT2D eigenvalue weighted by atomic mass is 9.99. The van der Waals surface area contributed by atoms with Gasteiger partial charge in [-0.25, -0.2) is 5.43 Å². The van der Waals surface area contributed by atoms with Gasteiger partial charge in [0.25, 0.3) is 0 Å². The van der Waals surface area contributed by atoms with Crippen LogP contribution in [0, 0.1) is 0 Å². The van der Waals surface area contributed by atoms with Crippen LogP contribution in [0.5, 0.6) is 5.75 Å². The highest BCUT2D eigenvalue weighted by atomic mass is 79.9. The van der Waals surface area contributed by atoms with E-state index in [1.165, 1.54) is 0 Å². The largest absolute Gasteiger partial charge is 0.491 e. The average Bonchev–Trinajstić information content (AvgIpc) is 2.41. The summed E-state index contributed by atoms with van der Waals surface area (Å²) < 4.78 is 7.76. The molecule has 0 saturated carbocycles. The van der Waals surface area contributed by atoms with Crippen LogP contribution in [0.3, 0.4) is 0 Å². The van der Waals surface area contributed by atoms with Gasteiger partial charge in [-0.1, -0.05) is 50.1 Å². The van der Waals surface area contributed by atoms with E-state index < -0.39 is 0 Å². The Kier molecular flexibility index (Phi) is 5.81. The number of nitrogens with two attached hydrogens (primary N) is 1. The van der Waals surface area contributed by atoms with Crippen LogP contribution in [0.15, 0.2) is 51.4 Å². The maximum absolute atomic E-state index is 5.77. The molecule has 0 saturated heterocycles. The SMILES string of the molecule is CC(C)Oc1cccc(C(NN)c2ccc(Br)cc2Br)c1. The molecule has 0 aliphatic heterocycles. The van der Waals surface area contributed by atoms with Crippen molar-refractivity contribution in [1.82, 2.24) is 5.43 Å². The number of hydrogen-bond donors (Lipinski definition) is 2. The van der Waals surface area contributed by atoms with Crippen LogP contribution in [0.1, 0.15) is 31.0 Å². The lowest BCUT2D eigenvalue weighted by Crippen LogP contribution is -2.29. The smallest absolute Gasteiger partial charge is 0.120 e. The zero-order valence-corrected chi connectivity index (χ0v) is 15.1. The van der Waals surface area contributed by atoms with E-state index in [0.717, 1.165) is 25.8 Å². The summed E-state index contributed by atoms with van der Waals surface area (Å²) in [6.45, 7) is 4.02. The Bertz CT molecular complexity index is 617. The lowest BCUT2D eigenvalue weighted by Gasteiger charge is -2.20. The van der Waals surface area contributed by atoms with Crippen molar-refractivity contribution in [2.75, 3.05) is 0 Å². The van der Waals surface area contributed by atoms with Crippen LogP contribution in [0.4, 0.5) is 0 Å². The van der Waals surface area contributed by atoms with Crippen molar-refractivity contribution >= 4 is 31.9 Å². The summed E-state index contributed by atoms with van der Waals surface area (Å²) >= 11 is 7.05. The Morgan fingerprint density at radius 1 is 1.10 bits per heavy atom. The zero-order chi connectivity index (χ0) is 15.4. The molecule has 0 aliphatic carbocycles. The highest BCUT2D eigenvalue weighted by molar-refractivity contribution is 9.11. The van der Waals surface area contributed by atoms with Crippen molar-refractivity contribution in [3.63, 3.8) is 0 Å². The second-order valence-corrected chi connectivity index (χ2v) is 6.77. The molecule has 0 amide bonds. The quantitative estimate of drug-likeness (QED) is 0.558. The Hall–Kier alpha value is -0.880. The third-order valence-corrected chi connectivity index (χ3v) is 4.18. The zero-order valence-electron chi connectivity index (χ0n) is 11.9. The van der Waals surface area contributed by atoms with Crippen LogP contribution >= 0.6 is 31.9 Å². The van der Waals surface area contributed by atoms with Gasteiger partial charge in [0.05, 0.1) is 12.1 Å². The van der Waals surface area contributed by atoms with Gasteiger partial charge in [0, 0.05) is 8.95 Å². The average molecular weight is 414 g/mol. The third-order valence-electron chi connectivity index (χ3n) is 3.00. The molecule has 3 nitrogen and oxygen atoms in total. The van der Waals surface area contributed by atoms with E-state index in [4.69, 9.17) is 10.6 Å². The molecule has 0 aliphatic rings.